The van der Waals surface area contributed by atoms with E-state index in [-0.39, 0.29) is 23.6 Å². The molecule has 0 bridgehead atoms. The Balaban J connectivity index is 0. The molecule has 0 radical (unpaired) electrons. The second-order valence-corrected chi connectivity index (χ2v) is 2.42. The maximum Gasteiger partial charge on any atom is 0.0890 e. The molecule has 12 heavy (non-hydrogen) atoms. The molecule has 1 rings (SSSR count). The van der Waals surface area contributed by atoms with Gasteiger partial charge in [0, 0.05) is 32.6 Å². The third-order valence-corrected chi connectivity index (χ3v) is 1.34. The zero-order valence-corrected chi connectivity index (χ0v) is 9.74. The Morgan fingerprint density at radius 2 is 1.83 bits per heavy atom. The summed E-state index contributed by atoms with van der Waals surface area (Å²) in [6.45, 7) is 6.25. The molecule has 1 N–H and O–H groups in total. The molecule has 0 fully saturated rings. The average Bonchev–Trinajstić information content (AvgIpc) is 2.37. The van der Waals surface area contributed by atoms with Gasteiger partial charge in [-0.1, -0.05) is 0 Å². The molecule has 3 nitrogen and oxygen atoms in total. The first-order valence-corrected chi connectivity index (χ1v) is 3.98. The van der Waals surface area contributed by atoms with Crippen LogP contribution < -0.4 is 0 Å². The number of hydrogen-bond donors (Lipinski definition) is 1. The van der Waals surface area contributed by atoms with E-state index in [1.165, 1.54) is 0 Å². The fraction of sp³-hybridized carbons (Fsp3) is 0.750. The van der Waals surface area contributed by atoms with E-state index in [0.29, 0.717) is 0 Å². The maximum atomic E-state index is 7.57. The highest BCUT2D eigenvalue weighted by Crippen LogP contribution is 2.00. The van der Waals surface area contributed by atoms with E-state index in [2.05, 4.69) is 36.2 Å². The quantitative estimate of drug-likeness (QED) is 0.746. The molecule has 4 heteroatoms. The van der Waals surface area contributed by atoms with Gasteiger partial charge < -0.3 is 14.9 Å². The van der Waals surface area contributed by atoms with Gasteiger partial charge in [-0.3, -0.25) is 0 Å². The summed E-state index contributed by atoms with van der Waals surface area (Å²) in [4.78, 5) is 4.41. The summed E-state index contributed by atoms with van der Waals surface area (Å²) in [5, 5.41) is 7.57. The molecule has 1 aliphatic heterocycles. The SMILES string of the molecule is Br.CCN1C=CN(C)C1.CCO. The minimum absolute atomic E-state index is 0. The van der Waals surface area contributed by atoms with Gasteiger partial charge in [-0.2, -0.15) is 0 Å². The van der Waals surface area contributed by atoms with Crippen LogP contribution in [0.4, 0.5) is 0 Å². The van der Waals surface area contributed by atoms with E-state index in [1.54, 1.807) is 6.92 Å². The van der Waals surface area contributed by atoms with Crippen molar-refractivity contribution in [3.05, 3.63) is 12.4 Å². The highest BCUT2D eigenvalue weighted by atomic mass is 79.9. The van der Waals surface area contributed by atoms with E-state index >= 15 is 0 Å². The largest absolute Gasteiger partial charge is 0.397 e. The minimum atomic E-state index is 0. The van der Waals surface area contributed by atoms with Crippen molar-refractivity contribution in [1.82, 2.24) is 9.80 Å². The molecule has 0 amide bonds. The third-order valence-electron chi connectivity index (χ3n) is 1.34. The second kappa shape index (κ2) is 8.87. The summed E-state index contributed by atoms with van der Waals surface area (Å²) in [6.07, 6.45) is 4.20. The predicted octanol–water partition coefficient (Wildman–Crippen LogP) is 1.26. The first-order chi connectivity index (χ1) is 5.24. The van der Waals surface area contributed by atoms with Crippen molar-refractivity contribution in [2.45, 2.75) is 13.8 Å². The fourth-order valence-electron chi connectivity index (χ4n) is 0.794. The van der Waals surface area contributed by atoms with Gasteiger partial charge in [0.2, 0.25) is 0 Å². The molecule has 0 aromatic heterocycles. The molecule has 0 spiro atoms. The van der Waals surface area contributed by atoms with Crippen LogP contribution in [0.2, 0.25) is 0 Å². The number of hydrogen-bond acceptors (Lipinski definition) is 3. The smallest absolute Gasteiger partial charge is 0.0890 e. The molecular formula is C8H19BrN2O. The normalized spacial score (nSPS) is 13.7. The number of aliphatic hydroxyl groups is 1. The standard InChI is InChI=1S/C6H12N2.C2H6O.BrH/c1-3-8-5-4-7(2)6-8;1-2-3;/h4-5H,3,6H2,1-2H3;3H,2H2,1H3;1H. The molecule has 1 aliphatic rings. The molecule has 0 unspecified atom stereocenters. The molecule has 1 heterocycles. The summed E-state index contributed by atoms with van der Waals surface area (Å²) in [5.74, 6) is 0. The van der Waals surface area contributed by atoms with E-state index in [0.717, 1.165) is 13.2 Å². The van der Waals surface area contributed by atoms with Crippen molar-refractivity contribution in [2.75, 3.05) is 26.9 Å². The van der Waals surface area contributed by atoms with Crippen LogP contribution in [0.5, 0.6) is 0 Å². The Kier molecular flexibility index (Phi) is 10.6. The summed E-state index contributed by atoms with van der Waals surface area (Å²) >= 11 is 0. The second-order valence-electron chi connectivity index (χ2n) is 2.42. The van der Waals surface area contributed by atoms with E-state index in [4.69, 9.17) is 5.11 Å². The number of aliphatic hydroxyl groups excluding tert-OH is 1. The lowest BCUT2D eigenvalue weighted by molar-refractivity contribution is 0.308. The molecule has 0 saturated heterocycles. The fourth-order valence-corrected chi connectivity index (χ4v) is 0.794. The lowest BCUT2D eigenvalue weighted by atomic mass is 10.6. The minimum Gasteiger partial charge on any atom is -0.397 e. The zero-order valence-electron chi connectivity index (χ0n) is 8.03. The van der Waals surface area contributed by atoms with Crippen LogP contribution in [-0.4, -0.2) is 41.8 Å². The summed E-state index contributed by atoms with van der Waals surface area (Å²) in [6, 6.07) is 0. The third kappa shape index (κ3) is 6.49. The van der Waals surface area contributed by atoms with Crippen LogP contribution in [0.25, 0.3) is 0 Å². The van der Waals surface area contributed by atoms with Crippen molar-refractivity contribution in [1.29, 1.82) is 0 Å². The van der Waals surface area contributed by atoms with Crippen molar-refractivity contribution in [2.24, 2.45) is 0 Å². The molecule has 74 valence electrons. The van der Waals surface area contributed by atoms with Crippen LogP contribution in [0.15, 0.2) is 12.4 Å². The van der Waals surface area contributed by atoms with Gasteiger partial charge in [-0.15, -0.1) is 17.0 Å². The monoisotopic (exact) mass is 238 g/mol. The summed E-state index contributed by atoms with van der Waals surface area (Å²) < 4.78 is 0. The highest BCUT2D eigenvalue weighted by molar-refractivity contribution is 8.93. The highest BCUT2D eigenvalue weighted by Gasteiger charge is 2.03. The maximum absolute atomic E-state index is 7.57. The molecular weight excluding hydrogens is 220 g/mol. The van der Waals surface area contributed by atoms with Crippen LogP contribution in [-0.2, 0) is 0 Å². The van der Waals surface area contributed by atoms with Crippen LogP contribution >= 0.6 is 17.0 Å². The lowest BCUT2D eigenvalue weighted by Gasteiger charge is -2.14. The van der Waals surface area contributed by atoms with Crippen molar-refractivity contribution in [3.8, 4) is 0 Å². The summed E-state index contributed by atoms with van der Waals surface area (Å²) in [7, 11) is 2.08. The first kappa shape index (κ1) is 14.3. The molecule has 0 atom stereocenters. The molecule has 0 saturated carbocycles. The van der Waals surface area contributed by atoms with E-state index < -0.39 is 0 Å². The number of nitrogens with zero attached hydrogens (tertiary/aromatic N) is 2. The average molecular weight is 239 g/mol. The summed E-state index contributed by atoms with van der Waals surface area (Å²) in [5.41, 5.74) is 0. The van der Waals surface area contributed by atoms with Crippen LogP contribution in [0, 0.1) is 0 Å². The van der Waals surface area contributed by atoms with Gasteiger partial charge in [0.05, 0.1) is 6.67 Å². The van der Waals surface area contributed by atoms with Gasteiger partial charge >= 0.3 is 0 Å². The van der Waals surface area contributed by atoms with Gasteiger partial charge in [0.1, 0.15) is 0 Å². The Labute approximate surface area is 85.4 Å². The first-order valence-electron chi connectivity index (χ1n) is 3.98. The Morgan fingerprint density at radius 1 is 1.33 bits per heavy atom. The zero-order chi connectivity index (χ0) is 8.69. The van der Waals surface area contributed by atoms with Crippen molar-refractivity contribution < 1.29 is 5.11 Å². The Morgan fingerprint density at radius 3 is 2.00 bits per heavy atom. The topological polar surface area (TPSA) is 26.7 Å². The lowest BCUT2D eigenvalue weighted by Crippen LogP contribution is -2.21. The van der Waals surface area contributed by atoms with Gasteiger partial charge in [-0.25, -0.2) is 0 Å². The van der Waals surface area contributed by atoms with Gasteiger partial charge in [0.25, 0.3) is 0 Å². The predicted molar refractivity (Wildman–Crippen MR) is 57.2 cm³/mol. The van der Waals surface area contributed by atoms with E-state index in [1.807, 2.05) is 0 Å². The number of rotatable bonds is 1. The molecule has 0 aromatic rings. The van der Waals surface area contributed by atoms with E-state index in [9.17, 15) is 0 Å². The Bertz CT molecular complexity index is 120. The molecule has 0 aromatic carbocycles. The number of halogens is 1. The van der Waals surface area contributed by atoms with Gasteiger partial charge in [0.15, 0.2) is 0 Å². The van der Waals surface area contributed by atoms with Crippen LogP contribution in [0.1, 0.15) is 13.8 Å². The van der Waals surface area contributed by atoms with Gasteiger partial charge in [-0.05, 0) is 13.8 Å². The van der Waals surface area contributed by atoms with Crippen molar-refractivity contribution >= 4 is 17.0 Å². The van der Waals surface area contributed by atoms with Crippen LogP contribution in [0.3, 0.4) is 0 Å². The molecule has 0 aliphatic carbocycles. The Hall–Kier alpha value is -0.220. The van der Waals surface area contributed by atoms with Crippen molar-refractivity contribution in [3.63, 3.8) is 0 Å².